The minimum absolute atomic E-state index is 0.0311. The Morgan fingerprint density at radius 1 is 1.10 bits per heavy atom. The summed E-state index contributed by atoms with van der Waals surface area (Å²) in [5.41, 5.74) is 4.81. The first-order valence-electron chi connectivity index (χ1n) is 10.6. The number of amides is 1. The Hall–Kier alpha value is -2.27. The van der Waals surface area contributed by atoms with Crippen molar-refractivity contribution in [3.8, 4) is 0 Å². The molecule has 0 aliphatic heterocycles. The lowest BCUT2D eigenvalue weighted by molar-refractivity contribution is -0.110. The Balaban J connectivity index is 1.54. The highest BCUT2D eigenvalue weighted by Gasteiger charge is 2.20. The fourth-order valence-electron chi connectivity index (χ4n) is 4.22. The Kier molecular flexibility index (Phi) is 7.76. The molecule has 2 aromatic carbocycles. The SMILES string of the molecule is CCc1ccc2c(c1)C(NCCC(CCc1cc(F)cc(F)c1)NC=O)CCC2. The summed E-state index contributed by atoms with van der Waals surface area (Å²) in [5, 5.41) is 6.51. The monoisotopic (exact) mass is 400 g/mol. The molecule has 0 bridgehead atoms. The van der Waals surface area contributed by atoms with E-state index in [0.717, 1.165) is 38.3 Å². The summed E-state index contributed by atoms with van der Waals surface area (Å²) in [6, 6.07) is 10.7. The van der Waals surface area contributed by atoms with Gasteiger partial charge >= 0.3 is 0 Å². The Bertz CT molecular complexity index is 804. The van der Waals surface area contributed by atoms with Crippen LogP contribution in [-0.4, -0.2) is 19.0 Å². The van der Waals surface area contributed by atoms with E-state index in [1.807, 2.05) is 0 Å². The number of aryl methyl sites for hydroxylation is 3. The lowest BCUT2D eigenvalue weighted by atomic mass is 9.86. The maximum Gasteiger partial charge on any atom is 0.207 e. The summed E-state index contributed by atoms with van der Waals surface area (Å²) in [7, 11) is 0. The van der Waals surface area contributed by atoms with Gasteiger partial charge in [0, 0.05) is 18.2 Å². The average Bonchev–Trinajstić information content (AvgIpc) is 2.71. The van der Waals surface area contributed by atoms with Crippen LogP contribution in [0.3, 0.4) is 0 Å². The average molecular weight is 401 g/mol. The van der Waals surface area contributed by atoms with E-state index in [0.29, 0.717) is 30.9 Å². The fourth-order valence-corrected chi connectivity index (χ4v) is 4.22. The summed E-state index contributed by atoms with van der Waals surface area (Å²) in [6.07, 6.45) is 7.11. The maximum absolute atomic E-state index is 13.4. The van der Waals surface area contributed by atoms with Crippen molar-refractivity contribution >= 4 is 6.41 Å². The molecule has 1 aliphatic rings. The summed E-state index contributed by atoms with van der Waals surface area (Å²) in [4.78, 5) is 11.0. The van der Waals surface area contributed by atoms with E-state index >= 15 is 0 Å². The van der Waals surface area contributed by atoms with Crippen LogP contribution in [0.25, 0.3) is 0 Å². The predicted molar refractivity (Wildman–Crippen MR) is 112 cm³/mol. The zero-order chi connectivity index (χ0) is 20.6. The third kappa shape index (κ3) is 6.10. The van der Waals surface area contributed by atoms with Gasteiger partial charge in [0.05, 0.1) is 0 Å². The van der Waals surface area contributed by atoms with E-state index < -0.39 is 11.6 Å². The molecule has 29 heavy (non-hydrogen) atoms. The number of fused-ring (bicyclic) bond motifs is 1. The molecule has 0 fully saturated rings. The first kappa shape index (κ1) is 21.4. The lowest BCUT2D eigenvalue weighted by Crippen LogP contribution is -2.34. The van der Waals surface area contributed by atoms with Crippen molar-refractivity contribution < 1.29 is 13.6 Å². The van der Waals surface area contributed by atoms with Crippen molar-refractivity contribution in [1.29, 1.82) is 0 Å². The second kappa shape index (κ2) is 10.5. The highest BCUT2D eigenvalue weighted by atomic mass is 19.1. The second-order valence-electron chi connectivity index (χ2n) is 7.87. The molecule has 1 aliphatic carbocycles. The lowest BCUT2D eigenvalue weighted by Gasteiger charge is -2.28. The number of halogens is 2. The highest BCUT2D eigenvalue weighted by Crippen LogP contribution is 2.30. The first-order valence-corrected chi connectivity index (χ1v) is 10.6. The molecule has 2 unspecified atom stereocenters. The number of carbonyl (C=O) groups is 1. The third-order valence-corrected chi connectivity index (χ3v) is 5.82. The van der Waals surface area contributed by atoms with Crippen LogP contribution in [0.4, 0.5) is 8.78 Å². The highest BCUT2D eigenvalue weighted by molar-refractivity contribution is 5.46. The topological polar surface area (TPSA) is 41.1 Å². The zero-order valence-corrected chi connectivity index (χ0v) is 17.0. The number of hydrogen-bond acceptors (Lipinski definition) is 2. The molecule has 1 amide bonds. The molecule has 2 atom stereocenters. The fraction of sp³-hybridized carbons (Fsp3) is 0.458. The molecule has 0 aromatic heterocycles. The van der Waals surface area contributed by atoms with Crippen LogP contribution in [0.5, 0.6) is 0 Å². The number of rotatable bonds is 10. The van der Waals surface area contributed by atoms with Crippen LogP contribution < -0.4 is 10.6 Å². The van der Waals surface area contributed by atoms with Crippen molar-refractivity contribution in [3.63, 3.8) is 0 Å². The number of nitrogens with one attached hydrogen (secondary N) is 2. The van der Waals surface area contributed by atoms with Crippen LogP contribution in [0.1, 0.15) is 60.9 Å². The number of benzene rings is 2. The molecule has 2 aromatic rings. The molecular weight excluding hydrogens is 370 g/mol. The van der Waals surface area contributed by atoms with Crippen molar-refractivity contribution in [2.75, 3.05) is 6.54 Å². The van der Waals surface area contributed by atoms with E-state index in [1.54, 1.807) is 0 Å². The van der Waals surface area contributed by atoms with Gasteiger partial charge in [0.25, 0.3) is 0 Å². The van der Waals surface area contributed by atoms with Gasteiger partial charge in [-0.25, -0.2) is 8.78 Å². The smallest absolute Gasteiger partial charge is 0.207 e. The summed E-state index contributed by atoms with van der Waals surface area (Å²) in [5.74, 6) is -1.13. The first-order chi connectivity index (χ1) is 14.1. The van der Waals surface area contributed by atoms with Crippen molar-refractivity contribution in [3.05, 3.63) is 70.3 Å². The van der Waals surface area contributed by atoms with Crippen molar-refractivity contribution in [2.45, 2.75) is 64.0 Å². The number of carbonyl (C=O) groups excluding carboxylic acids is 1. The van der Waals surface area contributed by atoms with Gasteiger partial charge in [0.1, 0.15) is 11.6 Å². The van der Waals surface area contributed by atoms with Gasteiger partial charge in [-0.15, -0.1) is 0 Å². The van der Waals surface area contributed by atoms with Crippen LogP contribution in [0, 0.1) is 11.6 Å². The van der Waals surface area contributed by atoms with Crippen LogP contribution >= 0.6 is 0 Å². The summed E-state index contributed by atoms with van der Waals surface area (Å²) >= 11 is 0. The molecule has 2 N–H and O–H groups in total. The van der Waals surface area contributed by atoms with Gasteiger partial charge in [-0.05, 0) is 85.9 Å². The van der Waals surface area contributed by atoms with Crippen LogP contribution in [0.15, 0.2) is 36.4 Å². The van der Waals surface area contributed by atoms with Gasteiger partial charge in [-0.1, -0.05) is 25.1 Å². The Morgan fingerprint density at radius 2 is 1.90 bits per heavy atom. The van der Waals surface area contributed by atoms with E-state index in [-0.39, 0.29) is 6.04 Å². The Labute approximate surface area is 171 Å². The minimum atomic E-state index is -0.566. The molecule has 156 valence electrons. The molecule has 0 spiro atoms. The molecule has 0 heterocycles. The molecule has 0 saturated heterocycles. The minimum Gasteiger partial charge on any atom is -0.356 e. The van der Waals surface area contributed by atoms with Crippen LogP contribution in [0.2, 0.25) is 0 Å². The normalized spacial score (nSPS) is 16.9. The van der Waals surface area contributed by atoms with Crippen molar-refractivity contribution in [1.82, 2.24) is 10.6 Å². The van der Waals surface area contributed by atoms with Gasteiger partial charge in [-0.3, -0.25) is 4.79 Å². The molecule has 0 radical (unpaired) electrons. The maximum atomic E-state index is 13.4. The summed E-state index contributed by atoms with van der Waals surface area (Å²) < 4.78 is 26.7. The second-order valence-corrected chi connectivity index (χ2v) is 7.87. The molecule has 3 nitrogen and oxygen atoms in total. The Morgan fingerprint density at radius 3 is 2.62 bits per heavy atom. The van der Waals surface area contributed by atoms with E-state index in [2.05, 4.69) is 35.8 Å². The molecule has 5 heteroatoms. The van der Waals surface area contributed by atoms with E-state index in [4.69, 9.17) is 0 Å². The van der Waals surface area contributed by atoms with Gasteiger partial charge in [-0.2, -0.15) is 0 Å². The largest absolute Gasteiger partial charge is 0.356 e. The van der Waals surface area contributed by atoms with Gasteiger partial charge < -0.3 is 10.6 Å². The molecular formula is C24H30F2N2O. The van der Waals surface area contributed by atoms with Crippen LogP contribution in [-0.2, 0) is 24.1 Å². The quantitative estimate of drug-likeness (QED) is 0.571. The summed E-state index contributed by atoms with van der Waals surface area (Å²) in [6.45, 7) is 2.95. The third-order valence-electron chi connectivity index (χ3n) is 5.82. The number of hydrogen-bond donors (Lipinski definition) is 2. The zero-order valence-electron chi connectivity index (χ0n) is 17.0. The standard InChI is InChI=1S/C24H30F2N2O/c1-2-17-6-8-19-4-3-5-24(23(19)14-17)27-11-10-22(28-16-29)9-7-18-12-20(25)15-21(26)13-18/h6,8,12-16,22,24,27H,2-5,7,9-11H2,1H3,(H,28,29). The molecule has 3 rings (SSSR count). The van der Waals surface area contributed by atoms with Gasteiger partial charge in [0.2, 0.25) is 6.41 Å². The van der Waals surface area contributed by atoms with E-state index in [1.165, 1.54) is 35.2 Å². The van der Waals surface area contributed by atoms with E-state index in [9.17, 15) is 13.6 Å². The van der Waals surface area contributed by atoms with Gasteiger partial charge in [0.15, 0.2) is 0 Å². The predicted octanol–water partition coefficient (Wildman–Crippen LogP) is 4.63. The molecule has 0 saturated carbocycles. The van der Waals surface area contributed by atoms with Crippen molar-refractivity contribution in [2.24, 2.45) is 0 Å².